The van der Waals surface area contributed by atoms with Gasteiger partial charge in [-0.3, -0.25) is 0 Å². The lowest BCUT2D eigenvalue weighted by molar-refractivity contribution is -0.142. The molecule has 0 aliphatic heterocycles. The van der Waals surface area contributed by atoms with Crippen LogP contribution in [0.2, 0.25) is 0 Å². The number of fused-ring (bicyclic) bond motifs is 3. The van der Waals surface area contributed by atoms with Gasteiger partial charge in [-0.2, -0.15) is 13.2 Å². The fourth-order valence-electron chi connectivity index (χ4n) is 4.07. The van der Waals surface area contributed by atoms with Crippen molar-refractivity contribution < 1.29 is 32.2 Å². The molecule has 4 nitrogen and oxygen atoms in total. The van der Waals surface area contributed by atoms with Gasteiger partial charge in [0.15, 0.2) is 0 Å². The summed E-state index contributed by atoms with van der Waals surface area (Å²) in [4.78, 5) is 23.8. The van der Waals surface area contributed by atoms with Crippen molar-refractivity contribution in [3.63, 3.8) is 0 Å². The van der Waals surface area contributed by atoms with E-state index in [4.69, 9.17) is 9.47 Å². The van der Waals surface area contributed by atoms with E-state index in [1.807, 2.05) is 19.9 Å². The summed E-state index contributed by atoms with van der Waals surface area (Å²) in [6, 6.07) is 10.1. The average Bonchev–Trinajstić information content (AvgIpc) is 3.01. The van der Waals surface area contributed by atoms with Crippen molar-refractivity contribution in [2.45, 2.75) is 45.2 Å². The Morgan fingerprint density at radius 3 is 1.69 bits per heavy atom. The highest BCUT2D eigenvalue weighted by Crippen LogP contribution is 2.54. The fourth-order valence-corrected chi connectivity index (χ4v) is 4.07. The van der Waals surface area contributed by atoms with Crippen LogP contribution in [0, 0.1) is 0 Å². The van der Waals surface area contributed by atoms with Crippen LogP contribution in [0.3, 0.4) is 0 Å². The Balaban J connectivity index is 2.03. The van der Waals surface area contributed by atoms with E-state index < -0.39 is 29.1 Å². The monoisotopic (exact) mass is 444 g/mol. The van der Waals surface area contributed by atoms with Crippen LogP contribution in [0.4, 0.5) is 13.2 Å². The van der Waals surface area contributed by atoms with Gasteiger partial charge in [0.1, 0.15) is 17.1 Å². The molecule has 3 rings (SSSR count). The number of ether oxygens (including phenoxy) is 2. The highest BCUT2D eigenvalue weighted by atomic mass is 19.4. The standard InChI is InChI=1S/C25H23F3O4/c1-6-24(7-2)20-12-16(31-22(29)14(3)4)8-10-18(20)19-11-9-17(13-21(19)24)32-23(30)15(5)25(26,27)28/h8-13H,3,5-7H2,1-2,4H3. The van der Waals surface area contributed by atoms with Gasteiger partial charge < -0.3 is 9.47 Å². The Morgan fingerprint density at radius 2 is 1.31 bits per heavy atom. The Morgan fingerprint density at radius 1 is 0.875 bits per heavy atom. The van der Waals surface area contributed by atoms with E-state index in [1.165, 1.54) is 6.07 Å². The molecule has 0 amide bonds. The zero-order valence-corrected chi connectivity index (χ0v) is 18.1. The predicted molar refractivity (Wildman–Crippen MR) is 115 cm³/mol. The van der Waals surface area contributed by atoms with Crippen LogP contribution in [-0.4, -0.2) is 18.1 Å². The molecular formula is C25H23F3O4. The molecule has 0 bridgehead atoms. The molecule has 0 aromatic heterocycles. The number of carbonyl (C=O) groups excluding carboxylic acids is 2. The van der Waals surface area contributed by atoms with E-state index in [0.717, 1.165) is 22.3 Å². The molecule has 168 valence electrons. The number of hydrogen-bond acceptors (Lipinski definition) is 4. The number of carbonyl (C=O) groups is 2. The molecule has 0 unspecified atom stereocenters. The normalized spacial score (nSPS) is 13.7. The van der Waals surface area contributed by atoms with Crippen LogP contribution < -0.4 is 9.47 Å². The molecule has 7 heteroatoms. The molecule has 0 saturated heterocycles. The Kier molecular flexibility index (Phi) is 6.05. The van der Waals surface area contributed by atoms with E-state index in [0.29, 0.717) is 18.6 Å². The zero-order valence-electron chi connectivity index (χ0n) is 18.1. The smallest absolute Gasteiger partial charge is 0.422 e. The summed E-state index contributed by atoms with van der Waals surface area (Å²) >= 11 is 0. The fraction of sp³-hybridized carbons (Fsp3) is 0.280. The number of alkyl halides is 3. The van der Waals surface area contributed by atoms with Crippen LogP contribution in [0.1, 0.15) is 44.7 Å². The summed E-state index contributed by atoms with van der Waals surface area (Å²) in [6.07, 6.45) is -3.51. The molecule has 0 saturated carbocycles. The number of rotatable bonds is 6. The summed E-state index contributed by atoms with van der Waals surface area (Å²) in [5, 5.41) is 0. The molecule has 2 aromatic rings. The third-order valence-electron chi connectivity index (χ3n) is 5.87. The van der Waals surface area contributed by atoms with Gasteiger partial charge in [-0.25, -0.2) is 9.59 Å². The van der Waals surface area contributed by atoms with E-state index in [9.17, 15) is 22.8 Å². The maximum Gasteiger partial charge on any atom is 0.422 e. The van der Waals surface area contributed by atoms with Crippen molar-refractivity contribution in [2.75, 3.05) is 0 Å². The van der Waals surface area contributed by atoms with Crippen molar-refractivity contribution in [1.82, 2.24) is 0 Å². The van der Waals surface area contributed by atoms with Crippen LogP contribution in [0.25, 0.3) is 11.1 Å². The Bertz CT molecular complexity index is 1120. The van der Waals surface area contributed by atoms with Crippen molar-refractivity contribution >= 4 is 11.9 Å². The van der Waals surface area contributed by atoms with Gasteiger partial charge in [0.2, 0.25) is 0 Å². The lowest BCUT2D eigenvalue weighted by Crippen LogP contribution is -2.24. The van der Waals surface area contributed by atoms with E-state index in [2.05, 4.69) is 13.2 Å². The highest BCUT2D eigenvalue weighted by Gasteiger charge is 2.42. The van der Waals surface area contributed by atoms with Crippen LogP contribution in [0.5, 0.6) is 11.5 Å². The minimum absolute atomic E-state index is 0.00663. The van der Waals surface area contributed by atoms with Gasteiger partial charge in [0.25, 0.3) is 0 Å². The van der Waals surface area contributed by atoms with Crippen LogP contribution >= 0.6 is 0 Å². The molecule has 0 radical (unpaired) electrons. The summed E-state index contributed by atoms with van der Waals surface area (Å²) in [7, 11) is 0. The van der Waals surface area contributed by atoms with Gasteiger partial charge in [-0.05, 0) is 66.3 Å². The number of hydrogen-bond donors (Lipinski definition) is 0. The quantitative estimate of drug-likeness (QED) is 0.299. The molecule has 0 atom stereocenters. The molecule has 0 spiro atoms. The zero-order chi connectivity index (χ0) is 23.8. The van der Waals surface area contributed by atoms with Gasteiger partial charge in [-0.15, -0.1) is 0 Å². The average molecular weight is 444 g/mol. The predicted octanol–water partition coefficient (Wildman–Crippen LogP) is 6.28. The molecule has 2 aromatic carbocycles. The van der Waals surface area contributed by atoms with Crippen molar-refractivity contribution in [3.8, 4) is 22.6 Å². The first-order valence-corrected chi connectivity index (χ1v) is 10.1. The molecule has 32 heavy (non-hydrogen) atoms. The van der Waals surface area contributed by atoms with Crippen molar-refractivity contribution in [2.24, 2.45) is 0 Å². The third kappa shape index (κ3) is 3.95. The second-order valence-electron chi connectivity index (χ2n) is 7.74. The lowest BCUT2D eigenvalue weighted by Gasteiger charge is -2.30. The third-order valence-corrected chi connectivity index (χ3v) is 5.87. The SMILES string of the molecule is C=C(C)C(=O)Oc1ccc2c(c1)C(CC)(CC)c1cc(OC(=O)C(=C)C(F)(F)F)ccc1-2. The van der Waals surface area contributed by atoms with Crippen molar-refractivity contribution in [1.29, 1.82) is 0 Å². The van der Waals surface area contributed by atoms with Gasteiger partial charge in [-0.1, -0.05) is 39.1 Å². The number of esters is 2. The first kappa shape index (κ1) is 23.3. The molecule has 0 N–H and O–H groups in total. The number of halogens is 3. The summed E-state index contributed by atoms with van der Waals surface area (Å²) in [6.45, 7) is 11.9. The second-order valence-corrected chi connectivity index (χ2v) is 7.74. The largest absolute Gasteiger partial charge is 0.423 e. The summed E-state index contributed by atoms with van der Waals surface area (Å²) < 4.78 is 48.7. The van der Waals surface area contributed by atoms with Crippen molar-refractivity contribution in [3.05, 3.63) is 71.8 Å². The minimum Gasteiger partial charge on any atom is -0.423 e. The highest BCUT2D eigenvalue weighted by molar-refractivity contribution is 5.91. The molecule has 0 heterocycles. The topological polar surface area (TPSA) is 52.6 Å². The van der Waals surface area contributed by atoms with Gasteiger partial charge in [0.05, 0.1) is 0 Å². The Labute approximate surface area is 184 Å². The van der Waals surface area contributed by atoms with E-state index in [1.54, 1.807) is 31.2 Å². The lowest BCUT2D eigenvalue weighted by atomic mass is 9.74. The molecule has 0 fully saturated rings. The van der Waals surface area contributed by atoms with E-state index in [-0.39, 0.29) is 11.3 Å². The summed E-state index contributed by atoms with van der Waals surface area (Å²) in [5.74, 6) is -1.69. The van der Waals surface area contributed by atoms with Gasteiger partial charge in [0, 0.05) is 11.0 Å². The van der Waals surface area contributed by atoms with Crippen LogP contribution in [-0.2, 0) is 15.0 Å². The maximum atomic E-state index is 12.8. The number of benzene rings is 2. The molecule has 1 aliphatic carbocycles. The second kappa shape index (κ2) is 8.30. The first-order chi connectivity index (χ1) is 14.9. The minimum atomic E-state index is -4.86. The maximum absolute atomic E-state index is 12.8. The van der Waals surface area contributed by atoms with Gasteiger partial charge >= 0.3 is 18.1 Å². The molecular weight excluding hydrogens is 421 g/mol. The summed E-state index contributed by atoms with van der Waals surface area (Å²) in [5.41, 5.74) is 1.81. The first-order valence-electron chi connectivity index (χ1n) is 10.1. The van der Waals surface area contributed by atoms with Crippen LogP contribution in [0.15, 0.2) is 60.7 Å². The van der Waals surface area contributed by atoms with E-state index >= 15 is 0 Å². The Hall–Kier alpha value is -3.35. The molecule has 1 aliphatic rings.